The van der Waals surface area contributed by atoms with Gasteiger partial charge in [-0.15, -0.1) is 13.1 Å². The van der Waals surface area contributed by atoms with Crippen LogP contribution in [0.3, 0.4) is 0 Å². The largest absolute Gasteiger partial charge is 2.00 e. The van der Waals surface area contributed by atoms with Crippen molar-refractivity contribution in [2.24, 2.45) is 0 Å². The molecular formula is C17H28N8Ni. The smallest absolute Gasteiger partial charge is 0.649 e. The molecule has 146 valence electrons. The van der Waals surface area contributed by atoms with Gasteiger partial charge in [0.1, 0.15) is 0 Å². The Bertz CT molecular complexity index is 495. The number of fused-ring (bicyclic) bond motifs is 8. The molecule has 9 heteroatoms. The third-order valence-electron chi connectivity index (χ3n) is 4.90. The molecule has 0 atom stereocenters. The van der Waals surface area contributed by atoms with Gasteiger partial charge in [0.2, 0.25) is 0 Å². The zero-order valence-electron chi connectivity index (χ0n) is 15.2. The van der Waals surface area contributed by atoms with Gasteiger partial charge >= 0.3 is 16.5 Å². The van der Waals surface area contributed by atoms with Gasteiger partial charge in [0.05, 0.1) is 33.3 Å². The van der Waals surface area contributed by atoms with Gasteiger partial charge < -0.3 is 15.5 Å². The number of nitrogens with zero attached hydrogens (tertiary/aromatic N) is 8. The number of hydrogen-bond acceptors (Lipinski definition) is 6. The summed E-state index contributed by atoms with van der Waals surface area (Å²) in [6.45, 7) is 11.5. The fourth-order valence-corrected chi connectivity index (χ4v) is 3.79. The van der Waals surface area contributed by atoms with Gasteiger partial charge in [-0.05, 0) is 30.8 Å². The van der Waals surface area contributed by atoms with E-state index in [2.05, 4.69) is 41.6 Å². The van der Waals surface area contributed by atoms with Crippen LogP contribution in [0.25, 0.3) is 10.6 Å². The number of aromatic nitrogens is 1. The van der Waals surface area contributed by atoms with E-state index in [1.807, 2.05) is 12.4 Å². The number of pyridine rings is 1. The second-order valence-electron chi connectivity index (χ2n) is 7.20. The molecule has 0 N–H and O–H groups in total. The van der Waals surface area contributed by atoms with Gasteiger partial charge in [-0.1, -0.05) is 13.3 Å². The van der Waals surface area contributed by atoms with E-state index >= 15 is 0 Å². The summed E-state index contributed by atoms with van der Waals surface area (Å²) in [6.07, 6.45) is 3.71. The summed E-state index contributed by atoms with van der Waals surface area (Å²) in [5.41, 5.74) is 1.27. The molecule has 8 nitrogen and oxygen atoms in total. The fraction of sp³-hybridized carbons (Fsp3) is 0.706. The molecule has 1 aromatic heterocycles. The van der Waals surface area contributed by atoms with Crippen LogP contribution in [0.4, 0.5) is 0 Å². The van der Waals surface area contributed by atoms with Crippen LogP contribution in [-0.4, -0.2) is 102 Å². The molecule has 5 rings (SSSR count). The van der Waals surface area contributed by atoms with Crippen LogP contribution >= 0.6 is 0 Å². The second-order valence-corrected chi connectivity index (χ2v) is 7.20. The first-order valence-corrected chi connectivity index (χ1v) is 9.12. The third kappa shape index (κ3) is 5.68. The quantitative estimate of drug-likeness (QED) is 0.674. The van der Waals surface area contributed by atoms with E-state index < -0.39 is 0 Å². The first-order chi connectivity index (χ1) is 12.3. The van der Waals surface area contributed by atoms with E-state index in [1.165, 1.54) is 5.56 Å². The summed E-state index contributed by atoms with van der Waals surface area (Å²) in [4.78, 5) is 16.4. The van der Waals surface area contributed by atoms with E-state index in [0.29, 0.717) is 0 Å². The number of hydrogen-bond donors (Lipinski definition) is 0. The van der Waals surface area contributed by atoms with Crippen molar-refractivity contribution < 1.29 is 16.5 Å². The zero-order valence-corrected chi connectivity index (χ0v) is 16.2. The number of rotatable bonds is 2. The molecule has 0 aliphatic carbocycles. The molecule has 4 aliphatic rings. The normalized spacial score (nSPS) is 33.4. The van der Waals surface area contributed by atoms with Crippen LogP contribution < -0.4 is 0 Å². The van der Waals surface area contributed by atoms with Crippen molar-refractivity contribution in [2.75, 3.05) is 72.9 Å². The van der Waals surface area contributed by atoms with Gasteiger partial charge in [-0.25, -0.2) is 0 Å². The van der Waals surface area contributed by atoms with Gasteiger partial charge in [0.15, 0.2) is 0 Å². The first kappa shape index (κ1) is 20.1. The summed E-state index contributed by atoms with van der Waals surface area (Å²) >= 11 is 0. The Morgan fingerprint density at radius 3 is 1.81 bits per heavy atom. The molecule has 0 spiro atoms. The molecule has 4 saturated heterocycles. The average Bonchev–Trinajstić information content (AvgIpc) is 2.62. The minimum absolute atomic E-state index is 0. The summed E-state index contributed by atoms with van der Waals surface area (Å²) in [5.74, 6) is 0. The molecule has 26 heavy (non-hydrogen) atoms. The van der Waals surface area contributed by atoms with Crippen molar-refractivity contribution in [2.45, 2.75) is 6.54 Å². The molecule has 0 radical (unpaired) electrons. The van der Waals surface area contributed by atoms with Crippen molar-refractivity contribution >= 4 is 0 Å². The van der Waals surface area contributed by atoms with Crippen molar-refractivity contribution in [3.05, 3.63) is 40.7 Å². The molecule has 0 unspecified atom stereocenters. The minimum atomic E-state index is 0. The average molecular weight is 403 g/mol. The maximum atomic E-state index is 4.78. The van der Waals surface area contributed by atoms with E-state index in [-0.39, 0.29) is 16.5 Å². The van der Waals surface area contributed by atoms with Crippen LogP contribution in [0.5, 0.6) is 0 Å². The summed E-state index contributed by atoms with van der Waals surface area (Å²) in [5, 5.41) is 9.57. The Morgan fingerprint density at radius 1 is 0.769 bits per heavy atom. The second kappa shape index (κ2) is 10.1. The van der Waals surface area contributed by atoms with Crippen molar-refractivity contribution in [1.29, 1.82) is 0 Å². The van der Waals surface area contributed by atoms with E-state index in [9.17, 15) is 0 Å². The Balaban J connectivity index is 0.00000196. The van der Waals surface area contributed by atoms with Gasteiger partial charge in [0.25, 0.3) is 0 Å². The zero-order chi connectivity index (χ0) is 16.9. The molecule has 0 saturated carbocycles. The standard InChI is InChI=1S/C17H28N8.Ni/c1-3-18-4-2-17(1)9-23-10-19-5-7-21-12-24-14-22(8-6-20-11-23)15-25(13-21)16-24;/h1-4H,5-16H2;/q-2;+2. The van der Waals surface area contributed by atoms with Gasteiger partial charge in [0, 0.05) is 18.9 Å². The molecule has 4 aliphatic heterocycles. The van der Waals surface area contributed by atoms with Gasteiger partial charge in [-0.3, -0.25) is 24.6 Å². The predicted octanol–water partition coefficient (Wildman–Crippen LogP) is 0.580. The van der Waals surface area contributed by atoms with Crippen LogP contribution in [0, 0.1) is 0 Å². The van der Waals surface area contributed by atoms with E-state index in [1.54, 1.807) is 0 Å². The Morgan fingerprint density at radius 2 is 1.27 bits per heavy atom. The maximum Gasteiger partial charge on any atom is 2.00 e. The molecule has 4 fully saturated rings. The maximum absolute atomic E-state index is 4.78. The summed E-state index contributed by atoms with van der Waals surface area (Å²) in [6, 6.07) is 4.14. The molecule has 0 aromatic carbocycles. The third-order valence-corrected chi connectivity index (χ3v) is 4.90. The molecular weight excluding hydrogens is 375 g/mol. The van der Waals surface area contributed by atoms with Crippen LogP contribution in [-0.2, 0) is 23.0 Å². The Hall–Kier alpha value is -0.636. The summed E-state index contributed by atoms with van der Waals surface area (Å²) < 4.78 is 0. The minimum Gasteiger partial charge on any atom is -0.649 e. The first-order valence-electron chi connectivity index (χ1n) is 9.12. The van der Waals surface area contributed by atoms with Crippen molar-refractivity contribution in [1.82, 2.24) is 29.5 Å². The molecule has 0 amide bonds. The van der Waals surface area contributed by atoms with Crippen LogP contribution in [0.2, 0.25) is 0 Å². The Labute approximate surface area is 166 Å². The topological polar surface area (TPSA) is 57.3 Å². The van der Waals surface area contributed by atoms with E-state index in [0.717, 1.165) is 79.4 Å². The Kier molecular flexibility index (Phi) is 7.78. The van der Waals surface area contributed by atoms with Crippen LogP contribution in [0.15, 0.2) is 24.5 Å². The monoisotopic (exact) mass is 402 g/mol. The molecule has 5 heterocycles. The predicted molar refractivity (Wildman–Crippen MR) is 97.4 cm³/mol. The molecule has 4 bridgehead atoms. The van der Waals surface area contributed by atoms with Crippen molar-refractivity contribution in [3.63, 3.8) is 0 Å². The SMILES string of the molecule is [Ni+2].c1cc(CN2C[N-]CCN3CN4CN(CC[N-]C2)CN(C3)C4)ccn1. The summed E-state index contributed by atoms with van der Waals surface area (Å²) in [7, 11) is 0. The van der Waals surface area contributed by atoms with E-state index in [4.69, 9.17) is 10.6 Å². The fourth-order valence-electron chi connectivity index (χ4n) is 3.79. The van der Waals surface area contributed by atoms with Gasteiger partial charge in [-0.2, -0.15) is 0 Å². The molecule has 1 aromatic rings. The van der Waals surface area contributed by atoms with Crippen LogP contribution in [0.1, 0.15) is 5.56 Å². The van der Waals surface area contributed by atoms with Crippen molar-refractivity contribution in [3.8, 4) is 0 Å².